The van der Waals surface area contributed by atoms with Crippen molar-refractivity contribution in [2.45, 2.75) is 6.04 Å². The summed E-state index contributed by atoms with van der Waals surface area (Å²) in [5.74, 6) is 1.94. The molecule has 0 spiro atoms. The lowest BCUT2D eigenvalue weighted by atomic mass is 10.2. The van der Waals surface area contributed by atoms with Crippen LogP contribution in [0.15, 0.2) is 24.3 Å². The molecule has 2 N–H and O–H groups in total. The minimum Gasteiger partial charge on any atom is -0.369 e. The van der Waals surface area contributed by atoms with Gasteiger partial charge < -0.3 is 10.2 Å². The smallest absolute Gasteiger partial charge is 0.242 e. The van der Waals surface area contributed by atoms with Gasteiger partial charge >= 0.3 is 0 Å². The van der Waals surface area contributed by atoms with E-state index in [1.54, 1.807) is 11.8 Å². The monoisotopic (exact) mass is 413 g/mol. The fraction of sp³-hybridized carbons (Fsp3) is 0.500. The molecular weight excluding hydrogens is 393 g/mol. The molecule has 1 atom stereocenters. The molecule has 2 aliphatic rings. The second kappa shape index (κ2) is 9.15. The number of carbonyl (C=O) groups excluding carboxylic acids is 1. The zero-order valence-electron chi connectivity index (χ0n) is 12.9. The average Bonchev–Trinajstić information content (AvgIpc) is 3.02. The molecule has 0 radical (unpaired) electrons. The van der Waals surface area contributed by atoms with Crippen molar-refractivity contribution in [3.05, 3.63) is 24.3 Å². The average molecular weight is 414 g/mol. The van der Waals surface area contributed by atoms with Crippen molar-refractivity contribution in [1.29, 1.82) is 0 Å². The third-order valence-electron chi connectivity index (χ3n) is 3.86. The first kappa shape index (κ1) is 21.4. The number of benzene rings is 1. The van der Waals surface area contributed by atoms with Crippen LogP contribution in [0.5, 0.6) is 0 Å². The van der Waals surface area contributed by atoms with Crippen molar-refractivity contribution in [2.75, 3.05) is 46.4 Å². The number of nitrogens with zero attached hydrogens (tertiary/aromatic N) is 1. The van der Waals surface area contributed by atoms with E-state index in [0.717, 1.165) is 23.0 Å². The Morgan fingerprint density at radius 1 is 1.25 bits per heavy atom. The molecule has 1 aromatic carbocycles. The molecule has 2 fully saturated rings. The Morgan fingerprint density at radius 3 is 2.58 bits per heavy atom. The van der Waals surface area contributed by atoms with E-state index < -0.39 is 9.84 Å². The predicted octanol–water partition coefficient (Wildman–Crippen LogP) is 1.37. The number of carbonyl (C=O) groups is 1. The standard InChI is InChI=1S/C14H19N3O3S2.2ClH/c18-14(13-9-21-10-15-13)16-11-2-1-3-12(8-11)17-4-6-22(19,20)7-5-17;;/h1-3,8,13,15H,4-7,9-10H2,(H,16,18);2*1H. The van der Waals surface area contributed by atoms with E-state index in [1.807, 2.05) is 29.2 Å². The summed E-state index contributed by atoms with van der Waals surface area (Å²) in [4.78, 5) is 14.1. The molecule has 0 bridgehead atoms. The summed E-state index contributed by atoms with van der Waals surface area (Å²) < 4.78 is 23.0. The number of hydrogen-bond acceptors (Lipinski definition) is 6. The molecule has 3 rings (SSSR count). The van der Waals surface area contributed by atoms with Gasteiger partial charge in [-0.3, -0.25) is 10.1 Å². The van der Waals surface area contributed by atoms with Gasteiger partial charge in [-0.05, 0) is 18.2 Å². The van der Waals surface area contributed by atoms with Crippen LogP contribution < -0.4 is 15.5 Å². The Kier molecular flexibility index (Phi) is 8.14. The van der Waals surface area contributed by atoms with Crippen molar-refractivity contribution in [3.8, 4) is 0 Å². The molecule has 0 aliphatic carbocycles. The van der Waals surface area contributed by atoms with E-state index in [1.165, 1.54) is 0 Å². The lowest BCUT2D eigenvalue weighted by Crippen LogP contribution is -2.40. The van der Waals surface area contributed by atoms with Gasteiger partial charge in [0.25, 0.3) is 0 Å². The quantitative estimate of drug-likeness (QED) is 0.778. The second-order valence-corrected chi connectivity index (χ2v) is 8.78. The van der Waals surface area contributed by atoms with Crippen LogP contribution in [0.25, 0.3) is 0 Å². The molecule has 0 saturated carbocycles. The Morgan fingerprint density at radius 2 is 1.96 bits per heavy atom. The van der Waals surface area contributed by atoms with E-state index in [2.05, 4.69) is 10.6 Å². The number of thioether (sulfide) groups is 1. The van der Waals surface area contributed by atoms with Crippen molar-refractivity contribution in [3.63, 3.8) is 0 Å². The highest BCUT2D eigenvalue weighted by Crippen LogP contribution is 2.22. The Bertz CT molecular complexity index is 653. The number of amides is 1. The Balaban J connectivity index is 0.00000144. The molecule has 2 heterocycles. The van der Waals surface area contributed by atoms with Gasteiger partial charge in [0.05, 0.1) is 17.5 Å². The van der Waals surface area contributed by atoms with Crippen molar-refractivity contribution in [1.82, 2.24) is 5.32 Å². The third-order valence-corrected chi connectivity index (χ3v) is 6.41. The minimum atomic E-state index is -2.89. The Hall–Kier alpha value is -0.670. The van der Waals surface area contributed by atoms with E-state index >= 15 is 0 Å². The van der Waals surface area contributed by atoms with E-state index in [9.17, 15) is 13.2 Å². The first-order valence-electron chi connectivity index (χ1n) is 7.21. The van der Waals surface area contributed by atoms with E-state index in [0.29, 0.717) is 13.1 Å². The van der Waals surface area contributed by atoms with Gasteiger partial charge in [0, 0.05) is 36.1 Å². The lowest BCUT2D eigenvalue weighted by molar-refractivity contribution is -0.117. The molecule has 2 aliphatic heterocycles. The van der Waals surface area contributed by atoms with E-state index in [-0.39, 0.29) is 48.3 Å². The minimum absolute atomic E-state index is 0. The van der Waals surface area contributed by atoms with E-state index in [4.69, 9.17) is 0 Å². The fourth-order valence-electron chi connectivity index (χ4n) is 2.54. The van der Waals surface area contributed by atoms with Gasteiger partial charge in [0.15, 0.2) is 9.84 Å². The lowest BCUT2D eigenvalue weighted by Gasteiger charge is -2.29. The van der Waals surface area contributed by atoms with Gasteiger partial charge in [-0.15, -0.1) is 36.6 Å². The second-order valence-electron chi connectivity index (χ2n) is 5.45. The number of halogens is 2. The third kappa shape index (κ3) is 5.42. The summed E-state index contributed by atoms with van der Waals surface area (Å²) in [5, 5.41) is 6.06. The number of sulfone groups is 1. The molecule has 136 valence electrons. The molecule has 1 aromatic rings. The van der Waals surface area contributed by atoms with Crippen molar-refractivity contribution < 1.29 is 13.2 Å². The summed E-state index contributed by atoms with van der Waals surface area (Å²) in [7, 11) is -2.89. The Labute approximate surface area is 158 Å². The first-order chi connectivity index (χ1) is 10.5. The summed E-state index contributed by atoms with van der Waals surface area (Å²) in [6, 6.07) is 7.43. The highest BCUT2D eigenvalue weighted by atomic mass is 35.5. The van der Waals surface area contributed by atoms with Crippen molar-refractivity contribution in [2.24, 2.45) is 0 Å². The fourth-order valence-corrected chi connectivity index (χ4v) is 4.69. The van der Waals surface area contributed by atoms with Crippen LogP contribution >= 0.6 is 36.6 Å². The molecule has 1 amide bonds. The van der Waals surface area contributed by atoms with Gasteiger partial charge in [-0.25, -0.2) is 8.42 Å². The van der Waals surface area contributed by atoms with Crippen LogP contribution in [-0.2, 0) is 14.6 Å². The summed E-state index contributed by atoms with van der Waals surface area (Å²) in [6.07, 6.45) is 0. The molecule has 1 unspecified atom stereocenters. The SMILES string of the molecule is Cl.Cl.O=C(Nc1cccc(N2CCS(=O)(=O)CC2)c1)C1CSCN1. The number of rotatable bonds is 3. The largest absolute Gasteiger partial charge is 0.369 e. The van der Waals surface area contributed by atoms with Crippen LogP contribution in [0.1, 0.15) is 0 Å². The number of anilines is 2. The van der Waals surface area contributed by atoms with Crippen LogP contribution in [0.4, 0.5) is 11.4 Å². The molecular formula is C14H21Cl2N3O3S2. The summed E-state index contributed by atoms with van der Waals surface area (Å²) in [6.45, 7) is 1.00. The van der Waals surface area contributed by atoms with Crippen LogP contribution in [0, 0.1) is 0 Å². The topological polar surface area (TPSA) is 78.5 Å². The zero-order chi connectivity index (χ0) is 15.6. The zero-order valence-corrected chi connectivity index (χ0v) is 16.2. The van der Waals surface area contributed by atoms with Crippen LogP contribution in [0.3, 0.4) is 0 Å². The normalized spacial score (nSPS) is 22.2. The number of nitrogens with one attached hydrogen (secondary N) is 2. The van der Waals surface area contributed by atoms with Gasteiger partial charge in [0.2, 0.25) is 5.91 Å². The van der Waals surface area contributed by atoms with Gasteiger partial charge in [-0.2, -0.15) is 0 Å². The molecule has 10 heteroatoms. The predicted molar refractivity (Wildman–Crippen MR) is 105 cm³/mol. The maximum Gasteiger partial charge on any atom is 0.242 e. The molecule has 0 aromatic heterocycles. The molecule has 2 saturated heterocycles. The van der Waals surface area contributed by atoms with Crippen LogP contribution in [0.2, 0.25) is 0 Å². The van der Waals surface area contributed by atoms with Crippen LogP contribution in [-0.4, -0.2) is 56.6 Å². The van der Waals surface area contributed by atoms with Gasteiger partial charge in [-0.1, -0.05) is 6.07 Å². The maximum atomic E-state index is 12.1. The first-order valence-corrected chi connectivity index (χ1v) is 10.2. The maximum absolute atomic E-state index is 12.1. The summed E-state index contributed by atoms with van der Waals surface area (Å²) >= 11 is 1.71. The number of hydrogen-bond donors (Lipinski definition) is 2. The highest BCUT2D eigenvalue weighted by molar-refractivity contribution is 7.99. The van der Waals surface area contributed by atoms with Gasteiger partial charge in [0.1, 0.15) is 0 Å². The molecule has 6 nitrogen and oxygen atoms in total. The van der Waals surface area contributed by atoms with Crippen molar-refractivity contribution >= 4 is 63.7 Å². The molecule has 24 heavy (non-hydrogen) atoms. The summed E-state index contributed by atoms with van der Waals surface area (Å²) in [5.41, 5.74) is 1.69. The highest BCUT2D eigenvalue weighted by Gasteiger charge is 2.24.